The molecule has 0 unspecified atom stereocenters. The molecule has 0 bridgehead atoms. The molecule has 0 aromatic heterocycles. The molecule has 82 valence electrons. The fourth-order valence-electron chi connectivity index (χ4n) is 1.57. The van der Waals surface area contributed by atoms with Crippen LogP contribution in [0.4, 0.5) is 0 Å². The lowest BCUT2D eigenvalue weighted by Gasteiger charge is -2.14. The van der Waals surface area contributed by atoms with Crippen LogP contribution in [0.15, 0.2) is 53.7 Å². The van der Waals surface area contributed by atoms with Crippen molar-refractivity contribution in [3.63, 3.8) is 0 Å². The third-order valence-electron chi connectivity index (χ3n) is 2.47. The molecule has 0 atom stereocenters. The quantitative estimate of drug-likeness (QED) is 0.755. The Balaban J connectivity index is 2.03. The van der Waals surface area contributed by atoms with Crippen LogP contribution in [0.2, 0.25) is 0 Å². The molecular formula is C12H13BO3. The van der Waals surface area contributed by atoms with Crippen molar-refractivity contribution >= 4 is 7.12 Å². The summed E-state index contributed by atoms with van der Waals surface area (Å²) in [6, 6.07) is 9.54. The number of hydrogen-bond donors (Lipinski definition) is 2. The van der Waals surface area contributed by atoms with E-state index in [4.69, 9.17) is 14.8 Å². The highest BCUT2D eigenvalue weighted by molar-refractivity contribution is 6.50. The van der Waals surface area contributed by atoms with Crippen LogP contribution in [0.3, 0.4) is 0 Å². The van der Waals surface area contributed by atoms with Crippen molar-refractivity contribution in [2.45, 2.75) is 12.8 Å². The largest absolute Gasteiger partial charge is 0.484 e. The Labute approximate surface area is 94.8 Å². The standard InChI is InChI=1S/C12H13BO3/c14-13(15)10-6-8-12(9-7-10)16-11-4-2-1-3-5-11/h1-6,8,14-15H,7,9H2. The molecule has 1 aromatic carbocycles. The molecule has 0 saturated carbocycles. The molecule has 16 heavy (non-hydrogen) atoms. The van der Waals surface area contributed by atoms with E-state index in [9.17, 15) is 0 Å². The second-order valence-electron chi connectivity index (χ2n) is 3.66. The van der Waals surface area contributed by atoms with Crippen molar-refractivity contribution in [2.24, 2.45) is 0 Å². The molecule has 2 N–H and O–H groups in total. The maximum Gasteiger partial charge on any atom is 0.484 e. The van der Waals surface area contributed by atoms with Gasteiger partial charge < -0.3 is 14.8 Å². The van der Waals surface area contributed by atoms with Crippen LogP contribution >= 0.6 is 0 Å². The van der Waals surface area contributed by atoms with Gasteiger partial charge in [-0.05, 0) is 30.1 Å². The average Bonchev–Trinajstić information content (AvgIpc) is 2.31. The lowest BCUT2D eigenvalue weighted by molar-refractivity contribution is 0.393. The number of hydrogen-bond acceptors (Lipinski definition) is 3. The van der Waals surface area contributed by atoms with Gasteiger partial charge in [-0.25, -0.2) is 0 Å². The van der Waals surface area contributed by atoms with Gasteiger partial charge in [-0.1, -0.05) is 24.3 Å². The van der Waals surface area contributed by atoms with Crippen molar-refractivity contribution in [3.8, 4) is 5.75 Å². The van der Waals surface area contributed by atoms with Crippen molar-refractivity contribution in [1.82, 2.24) is 0 Å². The number of benzene rings is 1. The predicted octanol–water partition coefficient (Wildman–Crippen LogP) is 1.68. The van der Waals surface area contributed by atoms with Crippen LogP contribution in [0, 0.1) is 0 Å². The molecule has 0 amide bonds. The first kappa shape index (κ1) is 11.0. The first-order chi connectivity index (χ1) is 7.75. The van der Waals surface area contributed by atoms with Gasteiger partial charge in [0.25, 0.3) is 0 Å². The number of allylic oxidation sites excluding steroid dienone is 4. The lowest BCUT2D eigenvalue weighted by atomic mass is 9.75. The Morgan fingerprint density at radius 3 is 2.31 bits per heavy atom. The summed E-state index contributed by atoms with van der Waals surface area (Å²) in [7, 11) is -1.35. The maximum absolute atomic E-state index is 8.97. The molecule has 1 aliphatic carbocycles. The van der Waals surface area contributed by atoms with Gasteiger partial charge in [-0.3, -0.25) is 0 Å². The molecule has 3 nitrogen and oxygen atoms in total. The van der Waals surface area contributed by atoms with Crippen molar-refractivity contribution in [1.29, 1.82) is 0 Å². The van der Waals surface area contributed by atoms with Crippen LogP contribution in [0.25, 0.3) is 0 Å². The Morgan fingerprint density at radius 1 is 1.00 bits per heavy atom. The molecule has 0 radical (unpaired) electrons. The topological polar surface area (TPSA) is 49.7 Å². The molecule has 1 aromatic rings. The summed E-state index contributed by atoms with van der Waals surface area (Å²) in [5.41, 5.74) is 0.625. The van der Waals surface area contributed by atoms with E-state index in [0.717, 1.165) is 11.5 Å². The third kappa shape index (κ3) is 2.75. The Morgan fingerprint density at radius 2 is 1.75 bits per heavy atom. The molecule has 0 saturated heterocycles. The average molecular weight is 216 g/mol. The Kier molecular flexibility index (Phi) is 3.44. The van der Waals surface area contributed by atoms with Crippen LogP contribution in [-0.4, -0.2) is 17.2 Å². The van der Waals surface area contributed by atoms with E-state index in [0.29, 0.717) is 18.3 Å². The summed E-state index contributed by atoms with van der Waals surface area (Å²) in [5, 5.41) is 17.9. The molecule has 2 rings (SSSR count). The van der Waals surface area contributed by atoms with Gasteiger partial charge in [-0.15, -0.1) is 0 Å². The van der Waals surface area contributed by atoms with Crippen molar-refractivity contribution in [2.75, 3.05) is 0 Å². The van der Waals surface area contributed by atoms with E-state index >= 15 is 0 Å². The minimum atomic E-state index is -1.35. The van der Waals surface area contributed by atoms with Gasteiger partial charge in [0.2, 0.25) is 0 Å². The Bertz CT molecular complexity index is 410. The van der Waals surface area contributed by atoms with Crippen LogP contribution in [0.5, 0.6) is 5.75 Å². The van der Waals surface area contributed by atoms with Crippen molar-refractivity contribution < 1.29 is 14.8 Å². The van der Waals surface area contributed by atoms with Crippen LogP contribution < -0.4 is 4.74 Å². The van der Waals surface area contributed by atoms with Gasteiger partial charge >= 0.3 is 7.12 Å². The third-order valence-corrected chi connectivity index (χ3v) is 2.47. The van der Waals surface area contributed by atoms with E-state index < -0.39 is 7.12 Å². The highest BCUT2D eigenvalue weighted by Gasteiger charge is 2.17. The SMILES string of the molecule is OB(O)C1=CC=C(Oc2ccccc2)CC1. The number of para-hydroxylation sites is 1. The molecule has 1 aliphatic rings. The van der Waals surface area contributed by atoms with Gasteiger partial charge in [0, 0.05) is 6.42 Å². The van der Waals surface area contributed by atoms with E-state index in [2.05, 4.69) is 0 Å². The highest BCUT2D eigenvalue weighted by atomic mass is 16.5. The van der Waals surface area contributed by atoms with E-state index in [1.54, 1.807) is 12.2 Å². The van der Waals surface area contributed by atoms with Crippen molar-refractivity contribution in [3.05, 3.63) is 53.7 Å². The molecule has 0 heterocycles. The molecule has 4 heteroatoms. The zero-order valence-corrected chi connectivity index (χ0v) is 8.84. The minimum absolute atomic E-state index is 0.621. The predicted molar refractivity (Wildman–Crippen MR) is 62.7 cm³/mol. The smallest absolute Gasteiger partial charge is 0.462 e. The summed E-state index contributed by atoms with van der Waals surface area (Å²) in [6.45, 7) is 0. The monoisotopic (exact) mass is 216 g/mol. The van der Waals surface area contributed by atoms with Gasteiger partial charge in [0.05, 0.1) is 0 Å². The molecular weight excluding hydrogens is 203 g/mol. The summed E-state index contributed by atoms with van der Waals surface area (Å²) in [5.74, 6) is 1.64. The summed E-state index contributed by atoms with van der Waals surface area (Å²) < 4.78 is 5.64. The zero-order valence-electron chi connectivity index (χ0n) is 8.84. The molecule has 0 fully saturated rings. The van der Waals surface area contributed by atoms with Crippen LogP contribution in [0.1, 0.15) is 12.8 Å². The maximum atomic E-state index is 8.97. The number of rotatable bonds is 3. The summed E-state index contributed by atoms with van der Waals surface area (Å²) >= 11 is 0. The zero-order chi connectivity index (χ0) is 11.4. The minimum Gasteiger partial charge on any atom is -0.462 e. The normalized spacial score (nSPS) is 15.1. The lowest BCUT2D eigenvalue weighted by Crippen LogP contribution is -2.17. The number of ether oxygens (including phenoxy) is 1. The second kappa shape index (κ2) is 5.01. The fourth-order valence-corrected chi connectivity index (χ4v) is 1.57. The van der Waals surface area contributed by atoms with Gasteiger partial charge in [0.15, 0.2) is 0 Å². The second-order valence-corrected chi connectivity index (χ2v) is 3.66. The summed E-state index contributed by atoms with van der Waals surface area (Å²) in [4.78, 5) is 0. The fraction of sp³-hybridized carbons (Fsp3) is 0.167. The molecule has 0 aliphatic heterocycles. The first-order valence-electron chi connectivity index (χ1n) is 5.24. The molecule has 0 spiro atoms. The van der Waals surface area contributed by atoms with Gasteiger partial charge in [0.1, 0.15) is 11.5 Å². The van der Waals surface area contributed by atoms with E-state index in [1.807, 2.05) is 30.3 Å². The first-order valence-corrected chi connectivity index (χ1v) is 5.24. The van der Waals surface area contributed by atoms with E-state index in [-0.39, 0.29) is 0 Å². The van der Waals surface area contributed by atoms with E-state index in [1.165, 1.54) is 0 Å². The summed E-state index contributed by atoms with van der Waals surface area (Å²) in [6.07, 6.45) is 4.80. The van der Waals surface area contributed by atoms with Gasteiger partial charge in [-0.2, -0.15) is 0 Å². The van der Waals surface area contributed by atoms with Crippen LogP contribution in [-0.2, 0) is 0 Å². The highest BCUT2D eigenvalue weighted by Crippen LogP contribution is 2.22. The Hall–Kier alpha value is -1.52.